The number of esters is 2. The van der Waals surface area contributed by atoms with E-state index in [1.807, 2.05) is 0 Å². The Bertz CT molecular complexity index is 425. The summed E-state index contributed by atoms with van der Waals surface area (Å²) >= 11 is 0. The summed E-state index contributed by atoms with van der Waals surface area (Å²) in [4.78, 5) is 23.3. The van der Waals surface area contributed by atoms with Gasteiger partial charge in [-0.3, -0.25) is 0 Å². The zero-order chi connectivity index (χ0) is 12.8. The van der Waals surface area contributed by atoms with E-state index in [0.29, 0.717) is 0 Å². The molecule has 0 aliphatic rings. The Hall–Kier alpha value is -2.04. The van der Waals surface area contributed by atoms with Crippen molar-refractivity contribution in [3.63, 3.8) is 0 Å². The van der Waals surface area contributed by atoms with Crippen LogP contribution in [0.4, 0.5) is 0 Å². The van der Waals surface area contributed by atoms with Gasteiger partial charge in [-0.25, -0.2) is 9.59 Å². The predicted molar refractivity (Wildman–Crippen MR) is 60.3 cm³/mol. The predicted octanol–water partition coefficient (Wildman–Crippen LogP) is 1.66. The average molecular weight is 238 g/mol. The molecule has 5 nitrogen and oxygen atoms in total. The van der Waals surface area contributed by atoms with Crippen LogP contribution in [0.15, 0.2) is 18.2 Å². The first-order valence-electron chi connectivity index (χ1n) is 5.08. The third kappa shape index (κ3) is 2.75. The Balaban J connectivity index is 3.28. The SMILES string of the molecule is CCOC(=O)c1cccc(OC)c1C(=O)OC. The molecule has 0 radical (unpaired) electrons. The fraction of sp³-hybridized carbons (Fsp3) is 0.333. The van der Waals surface area contributed by atoms with Crippen LogP contribution in [0, 0.1) is 0 Å². The summed E-state index contributed by atoms with van der Waals surface area (Å²) in [7, 11) is 2.65. The third-order valence-corrected chi connectivity index (χ3v) is 2.13. The van der Waals surface area contributed by atoms with Gasteiger partial charge in [0.2, 0.25) is 0 Å². The maximum absolute atomic E-state index is 11.7. The van der Waals surface area contributed by atoms with E-state index in [4.69, 9.17) is 9.47 Å². The standard InChI is InChI=1S/C12H14O5/c1-4-17-11(13)8-6-5-7-9(15-2)10(8)12(14)16-3/h5-7H,4H2,1-3H3. The highest BCUT2D eigenvalue weighted by atomic mass is 16.5. The average Bonchev–Trinajstić information content (AvgIpc) is 2.37. The molecule has 0 amide bonds. The monoisotopic (exact) mass is 238 g/mol. The van der Waals surface area contributed by atoms with Gasteiger partial charge in [-0.2, -0.15) is 0 Å². The van der Waals surface area contributed by atoms with Crippen molar-refractivity contribution in [2.75, 3.05) is 20.8 Å². The summed E-state index contributed by atoms with van der Waals surface area (Å²) in [5.41, 5.74) is 0.217. The van der Waals surface area contributed by atoms with Gasteiger partial charge < -0.3 is 14.2 Å². The molecule has 0 fully saturated rings. The summed E-state index contributed by atoms with van der Waals surface area (Å²) in [5.74, 6) is -0.931. The first-order chi connectivity index (χ1) is 8.15. The highest BCUT2D eigenvalue weighted by Gasteiger charge is 2.22. The second kappa shape index (κ2) is 5.89. The zero-order valence-electron chi connectivity index (χ0n) is 9.98. The van der Waals surface area contributed by atoms with Gasteiger partial charge in [-0.05, 0) is 19.1 Å². The van der Waals surface area contributed by atoms with E-state index >= 15 is 0 Å². The van der Waals surface area contributed by atoms with Crippen LogP contribution in [0.5, 0.6) is 5.75 Å². The van der Waals surface area contributed by atoms with Gasteiger partial charge in [0.1, 0.15) is 11.3 Å². The first-order valence-corrected chi connectivity index (χ1v) is 5.08. The molecule has 0 saturated heterocycles. The van der Waals surface area contributed by atoms with Gasteiger partial charge in [-0.15, -0.1) is 0 Å². The van der Waals surface area contributed by atoms with Crippen molar-refractivity contribution in [1.29, 1.82) is 0 Å². The molecular weight excluding hydrogens is 224 g/mol. The van der Waals surface area contributed by atoms with E-state index in [1.54, 1.807) is 19.1 Å². The number of hydrogen-bond donors (Lipinski definition) is 0. The summed E-state index contributed by atoms with van der Waals surface area (Å²) in [6.45, 7) is 1.92. The van der Waals surface area contributed by atoms with E-state index in [-0.39, 0.29) is 23.5 Å². The van der Waals surface area contributed by atoms with Crippen molar-refractivity contribution in [3.05, 3.63) is 29.3 Å². The van der Waals surface area contributed by atoms with Gasteiger partial charge in [0.05, 0.1) is 26.4 Å². The van der Waals surface area contributed by atoms with Crippen LogP contribution in [0.3, 0.4) is 0 Å². The fourth-order valence-electron chi connectivity index (χ4n) is 1.39. The number of carbonyl (C=O) groups excluding carboxylic acids is 2. The van der Waals surface area contributed by atoms with E-state index in [9.17, 15) is 9.59 Å². The lowest BCUT2D eigenvalue weighted by Crippen LogP contribution is -2.14. The summed E-state index contributed by atoms with van der Waals surface area (Å²) in [6, 6.07) is 4.68. The van der Waals surface area contributed by atoms with E-state index in [0.717, 1.165) is 0 Å². The second-order valence-electron chi connectivity index (χ2n) is 3.09. The maximum Gasteiger partial charge on any atom is 0.342 e. The van der Waals surface area contributed by atoms with Gasteiger partial charge in [0.15, 0.2) is 0 Å². The fourth-order valence-corrected chi connectivity index (χ4v) is 1.39. The smallest absolute Gasteiger partial charge is 0.342 e. The molecule has 1 aromatic rings. The molecule has 1 rings (SSSR count). The highest BCUT2D eigenvalue weighted by Crippen LogP contribution is 2.23. The molecule has 0 aromatic heterocycles. The minimum Gasteiger partial charge on any atom is -0.496 e. The summed E-state index contributed by atoms with van der Waals surface area (Å²) < 4.78 is 14.5. The van der Waals surface area contributed by atoms with Crippen molar-refractivity contribution < 1.29 is 23.8 Å². The van der Waals surface area contributed by atoms with Gasteiger partial charge >= 0.3 is 11.9 Å². The van der Waals surface area contributed by atoms with Crippen molar-refractivity contribution in [1.82, 2.24) is 0 Å². The molecule has 5 heteroatoms. The Kier molecular flexibility index (Phi) is 4.51. The Morgan fingerprint density at radius 2 is 1.88 bits per heavy atom. The number of rotatable bonds is 4. The molecule has 0 saturated carbocycles. The molecule has 17 heavy (non-hydrogen) atoms. The van der Waals surface area contributed by atoms with E-state index in [2.05, 4.69) is 4.74 Å². The number of methoxy groups -OCH3 is 2. The van der Waals surface area contributed by atoms with Crippen molar-refractivity contribution in [2.24, 2.45) is 0 Å². The molecule has 0 bridgehead atoms. The van der Waals surface area contributed by atoms with Crippen LogP contribution in [0.2, 0.25) is 0 Å². The zero-order valence-corrected chi connectivity index (χ0v) is 9.98. The molecule has 0 spiro atoms. The molecule has 0 aliphatic carbocycles. The first kappa shape index (κ1) is 13.0. The normalized spacial score (nSPS) is 9.59. The van der Waals surface area contributed by atoms with Crippen LogP contribution in [-0.4, -0.2) is 32.8 Å². The minimum absolute atomic E-state index is 0.0796. The van der Waals surface area contributed by atoms with Gasteiger partial charge in [0, 0.05) is 0 Å². The number of ether oxygens (including phenoxy) is 3. The Labute approximate surface area is 99.3 Å². The molecule has 0 atom stereocenters. The molecule has 0 N–H and O–H groups in total. The number of carbonyl (C=O) groups is 2. The second-order valence-corrected chi connectivity index (χ2v) is 3.09. The van der Waals surface area contributed by atoms with Crippen LogP contribution in [-0.2, 0) is 9.47 Å². The lowest BCUT2D eigenvalue weighted by atomic mass is 10.1. The van der Waals surface area contributed by atoms with Crippen molar-refractivity contribution >= 4 is 11.9 Å². The van der Waals surface area contributed by atoms with Crippen LogP contribution in [0.25, 0.3) is 0 Å². The molecule has 0 aliphatic heterocycles. The quantitative estimate of drug-likeness (QED) is 0.746. The number of hydrogen-bond acceptors (Lipinski definition) is 5. The number of benzene rings is 1. The van der Waals surface area contributed by atoms with Crippen LogP contribution < -0.4 is 4.74 Å². The largest absolute Gasteiger partial charge is 0.496 e. The highest BCUT2D eigenvalue weighted by molar-refractivity contribution is 6.05. The molecule has 0 heterocycles. The van der Waals surface area contributed by atoms with Crippen LogP contribution in [0.1, 0.15) is 27.6 Å². The molecule has 1 aromatic carbocycles. The topological polar surface area (TPSA) is 61.8 Å². The lowest BCUT2D eigenvalue weighted by molar-refractivity contribution is 0.0502. The van der Waals surface area contributed by atoms with Crippen molar-refractivity contribution in [3.8, 4) is 5.75 Å². The van der Waals surface area contributed by atoms with Gasteiger partial charge in [-0.1, -0.05) is 6.07 Å². The van der Waals surface area contributed by atoms with Crippen molar-refractivity contribution in [2.45, 2.75) is 6.92 Å². The molecule has 92 valence electrons. The molecular formula is C12H14O5. The Morgan fingerprint density at radius 1 is 1.18 bits per heavy atom. The minimum atomic E-state index is -0.634. The summed E-state index contributed by atoms with van der Waals surface area (Å²) in [6.07, 6.45) is 0. The lowest BCUT2D eigenvalue weighted by Gasteiger charge is -2.11. The maximum atomic E-state index is 11.7. The molecule has 0 unspecified atom stereocenters. The van der Waals surface area contributed by atoms with Gasteiger partial charge in [0.25, 0.3) is 0 Å². The third-order valence-electron chi connectivity index (χ3n) is 2.13. The van der Waals surface area contributed by atoms with E-state index in [1.165, 1.54) is 20.3 Å². The van der Waals surface area contributed by atoms with Crippen LogP contribution >= 0.6 is 0 Å². The Morgan fingerprint density at radius 3 is 2.41 bits per heavy atom. The van der Waals surface area contributed by atoms with E-state index < -0.39 is 11.9 Å². The summed E-state index contributed by atoms with van der Waals surface area (Å²) in [5, 5.41) is 0.